The van der Waals surface area contributed by atoms with Gasteiger partial charge in [-0.25, -0.2) is 4.79 Å². The molecule has 1 aromatic rings. The maximum atomic E-state index is 10.6. The first-order chi connectivity index (χ1) is 7.68. The van der Waals surface area contributed by atoms with Crippen LogP contribution in [0.1, 0.15) is 30.1 Å². The molecule has 2 N–H and O–H groups in total. The molecule has 0 aliphatic heterocycles. The van der Waals surface area contributed by atoms with Crippen molar-refractivity contribution in [2.24, 2.45) is 0 Å². The Morgan fingerprint density at radius 1 is 1.29 bits per heavy atom. The fourth-order valence-electron chi connectivity index (χ4n) is 2.16. The van der Waals surface area contributed by atoms with Crippen LogP contribution in [0.3, 0.4) is 0 Å². The number of aliphatic hydroxyl groups is 1. The third-order valence-corrected chi connectivity index (χ3v) is 2.92. The summed E-state index contributed by atoms with van der Waals surface area (Å²) in [4.78, 5) is 10.6. The van der Waals surface area contributed by atoms with Crippen LogP contribution < -0.4 is 0 Å². The van der Waals surface area contributed by atoms with Gasteiger partial charge in [0.25, 0.3) is 0 Å². The van der Waals surface area contributed by atoms with Crippen LogP contribution in [0.4, 0.5) is 0 Å². The van der Waals surface area contributed by atoms with Crippen molar-refractivity contribution in [3.63, 3.8) is 0 Å². The zero-order chi connectivity index (χ0) is 11.5. The quantitative estimate of drug-likeness (QED) is 0.447. The Morgan fingerprint density at radius 2 is 2.00 bits per heavy atom. The van der Waals surface area contributed by atoms with Crippen molar-refractivity contribution >= 4 is 35.5 Å². The molecule has 17 heavy (non-hydrogen) atoms. The van der Waals surface area contributed by atoms with E-state index in [9.17, 15) is 9.90 Å². The van der Waals surface area contributed by atoms with Gasteiger partial charge in [0.05, 0.1) is 0 Å². The number of carboxylic acid groups (broad SMARTS) is 1. The third kappa shape index (κ3) is 3.42. The van der Waals surface area contributed by atoms with Crippen LogP contribution in [-0.4, -0.2) is 45.7 Å². The van der Waals surface area contributed by atoms with Gasteiger partial charge in [0, 0.05) is 35.6 Å². The van der Waals surface area contributed by atoms with Crippen LogP contribution in [0, 0.1) is 0 Å². The fourth-order valence-corrected chi connectivity index (χ4v) is 2.16. The zero-order valence-electron chi connectivity index (χ0n) is 9.89. The van der Waals surface area contributed by atoms with E-state index in [1.165, 1.54) is 0 Å². The van der Waals surface area contributed by atoms with Gasteiger partial charge in [0.2, 0.25) is 0 Å². The molecule has 0 heterocycles. The maximum Gasteiger partial charge on any atom is 0.328 e. The standard InChI is InChI=1S/C13H14O3.Na/c14-12(15)8-10-6-3-5-9-4-1-2-7-11(9)13(10)16;/h1-2,4,7-8,13,16H,3,5-6H2,(H,14,15);. The Kier molecular flexibility index (Phi) is 5.40. The number of aryl methyl sites for hydroxylation is 1. The second-order valence-corrected chi connectivity index (χ2v) is 4.01. The Balaban J connectivity index is 0.00000144. The molecule has 0 amide bonds. The molecule has 1 aliphatic rings. The van der Waals surface area contributed by atoms with Crippen LogP contribution >= 0.6 is 0 Å². The van der Waals surface area contributed by atoms with Crippen molar-refractivity contribution in [3.05, 3.63) is 47.0 Å². The molecule has 1 aliphatic carbocycles. The van der Waals surface area contributed by atoms with Gasteiger partial charge >= 0.3 is 5.97 Å². The first-order valence-electron chi connectivity index (χ1n) is 5.38. The first kappa shape index (κ1) is 14.5. The van der Waals surface area contributed by atoms with E-state index in [2.05, 4.69) is 0 Å². The van der Waals surface area contributed by atoms with E-state index in [1.807, 2.05) is 24.3 Å². The summed E-state index contributed by atoms with van der Waals surface area (Å²) in [7, 11) is 0. The molecule has 0 saturated carbocycles. The van der Waals surface area contributed by atoms with Gasteiger partial charge in [-0.2, -0.15) is 0 Å². The summed E-state index contributed by atoms with van der Waals surface area (Å²) in [5, 5.41) is 18.9. The fraction of sp³-hybridized carbons (Fsp3) is 0.308. The van der Waals surface area contributed by atoms with Crippen molar-refractivity contribution in [1.29, 1.82) is 0 Å². The minimum absolute atomic E-state index is 0. The van der Waals surface area contributed by atoms with Gasteiger partial charge in [0.15, 0.2) is 0 Å². The Morgan fingerprint density at radius 3 is 2.71 bits per heavy atom. The second-order valence-electron chi connectivity index (χ2n) is 4.01. The molecule has 1 atom stereocenters. The first-order valence-corrected chi connectivity index (χ1v) is 5.38. The van der Waals surface area contributed by atoms with Gasteiger partial charge in [-0.15, -0.1) is 0 Å². The van der Waals surface area contributed by atoms with Crippen molar-refractivity contribution in [3.8, 4) is 0 Å². The largest absolute Gasteiger partial charge is 0.478 e. The molecule has 0 aromatic heterocycles. The molecule has 0 fully saturated rings. The minimum Gasteiger partial charge on any atom is -0.478 e. The minimum atomic E-state index is -0.992. The van der Waals surface area contributed by atoms with E-state index < -0.39 is 12.1 Å². The predicted molar refractivity (Wildman–Crippen MR) is 65.8 cm³/mol. The van der Waals surface area contributed by atoms with Crippen LogP contribution in [0.25, 0.3) is 0 Å². The summed E-state index contributed by atoms with van der Waals surface area (Å²) >= 11 is 0. The van der Waals surface area contributed by atoms with Crippen LogP contribution in [0.15, 0.2) is 35.9 Å². The van der Waals surface area contributed by atoms with Gasteiger partial charge in [-0.1, -0.05) is 24.3 Å². The Labute approximate surface area is 122 Å². The predicted octanol–water partition coefficient (Wildman–Crippen LogP) is 1.69. The number of aliphatic hydroxyl groups excluding tert-OH is 1. The summed E-state index contributed by atoms with van der Waals surface area (Å²) in [5.41, 5.74) is 2.55. The molecular weight excluding hydrogens is 227 g/mol. The van der Waals surface area contributed by atoms with Crippen molar-refractivity contribution in [2.75, 3.05) is 0 Å². The Bertz CT molecular complexity index is 440. The third-order valence-electron chi connectivity index (χ3n) is 2.92. The van der Waals surface area contributed by atoms with E-state index in [0.717, 1.165) is 30.0 Å². The number of hydrogen-bond donors (Lipinski definition) is 2. The number of hydrogen-bond acceptors (Lipinski definition) is 2. The SMILES string of the molecule is O=C(O)C=C1CCCc2ccccc2C1O.[Na]. The molecule has 0 bridgehead atoms. The molecule has 85 valence electrons. The average molecular weight is 241 g/mol. The molecule has 0 spiro atoms. The molecular formula is C13H14NaO3. The number of aliphatic carboxylic acids is 1. The summed E-state index contributed by atoms with van der Waals surface area (Å²) < 4.78 is 0. The second kappa shape index (κ2) is 6.36. The molecule has 1 unspecified atom stereocenters. The summed E-state index contributed by atoms with van der Waals surface area (Å²) in [5.74, 6) is -0.992. The summed E-state index contributed by atoms with van der Waals surface area (Å²) in [6, 6.07) is 7.66. The van der Waals surface area contributed by atoms with Crippen LogP contribution in [0.5, 0.6) is 0 Å². The Hall–Kier alpha value is -0.610. The number of carboxylic acids is 1. The van der Waals surface area contributed by atoms with Crippen LogP contribution in [0.2, 0.25) is 0 Å². The van der Waals surface area contributed by atoms with Gasteiger partial charge < -0.3 is 10.2 Å². The van der Waals surface area contributed by atoms with Gasteiger partial charge in [-0.05, 0) is 36.0 Å². The number of carbonyl (C=O) groups is 1. The maximum absolute atomic E-state index is 10.6. The molecule has 1 radical (unpaired) electrons. The van der Waals surface area contributed by atoms with Gasteiger partial charge in [0.1, 0.15) is 6.10 Å². The topological polar surface area (TPSA) is 57.5 Å². The summed E-state index contributed by atoms with van der Waals surface area (Å²) in [6.07, 6.45) is 2.78. The van der Waals surface area contributed by atoms with Crippen LogP contribution in [-0.2, 0) is 11.2 Å². The monoisotopic (exact) mass is 241 g/mol. The summed E-state index contributed by atoms with van der Waals surface area (Å²) in [6.45, 7) is 0. The number of fused-ring (bicyclic) bond motifs is 1. The zero-order valence-corrected chi connectivity index (χ0v) is 11.9. The molecule has 3 nitrogen and oxygen atoms in total. The van der Waals surface area contributed by atoms with E-state index in [1.54, 1.807) is 0 Å². The smallest absolute Gasteiger partial charge is 0.328 e. The molecule has 2 rings (SSSR count). The average Bonchev–Trinajstić information content (AvgIpc) is 2.40. The van der Waals surface area contributed by atoms with Gasteiger partial charge in [-0.3, -0.25) is 0 Å². The van der Waals surface area contributed by atoms with E-state index in [-0.39, 0.29) is 29.6 Å². The van der Waals surface area contributed by atoms with Crippen molar-refractivity contribution in [1.82, 2.24) is 0 Å². The van der Waals surface area contributed by atoms with E-state index >= 15 is 0 Å². The molecule has 4 heteroatoms. The van der Waals surface area contributed by atoms with E-state index in [4.69, 9.17) is 5.11 Å². The van der Waals surface area contributed by atoms with Crippen molar-refractivity contribution < 1.29 is 15.0 Å². The number of rotatable bonds is 1. The molecule has 0 saturated heterocycles. The number of benzene rings is 1. The van der Waals surface area contributed by atoms with E-state index in [0.29, 0.717) is 12.0 Å². The van der Waals surface area contributed by atoms with Crippen molar-refractivity contribution in [2.45, 2.75) is 25.4 Å². The molecule has 1 aromatic carbocycles. The normalized spacial score (nSPS) is 21.2.